The molecule has 94 valence electrons. The fraction of sp³-hybridized carbons (Fsp3) is 0.909. The Bertz CT molecular complexity index is 244. The van der Waals surface area contributed by atoms with Gasteiger partial charge in [-0.1, -0.05) is 6.92 Å². The molecule has 0 bridgehead atoms. The Kier molecular flexibility index (Phi) is 4.35. The third kappa shape index (κ3) is 3.20. The lowest BCUT2D eigenvalue weighted by Crippen LogP contribution is -2.46. The molecule has 0 radical (unpaired) electrons. The van der Waals surface area contributed by atoms with Gasteiger partial charge < -0.3 is 0 Å². The van der Waals surface area contributed by atoms with E-state index in [0.29, 0.717) is 19.5 Å². The van der Waals surface area contributed by atoms with E-state index in [1.165, 1.54) is 0 Å². The van der Waals surface area contributed by atoms with Crippen molar-refractivity contribution < 1.29 is 18.0 Å². The Morgan fingerprint density at radius 1 is 1.38 bits per heavy atom. The molecule has 1 aliphatic heterocycles. The van der Waals surface area contributed by atoms with Crippen LogP contribution in [0, 0.1) is 5.92 Å². The van der Waals surface area contributed by atoms with Crippen LogP contribution in [0.5, 0.6) is 0 Å². The Morgan fingerprint density at radius 3 is 2.25 bits per heavy atom. The van der Waals surface area contributed by atoms with E-state index in [-0.39, 0.29) is 24.7 Å². The first-order valence-electron chi connectivity index (χ1n) is 5.69. The first kappa shape index (κ1) is 13.5. The zero-order valence-electron chi connectivity index (χ0n) is 9.68. The minimum Gasteiger partial charge on any atom is -0.298 e. The van der Waals surface area contributed by atoms with Crippen molar-refractivity contribution in [3.05, 3.63) is 0 Å². The highest BCUT2D eigenvalue weighted by Gasteiger charge is 2.41. The van der Waals surface area contributed by atoms with Gasteiger partial charge in [0.2, 0.25) is 0 Å². The van der Waals surface area contributed by atoms with Crippen LogP contribution in [0.1, 0.15) is 33.1 Å². The van der Waals surface area contributed by atoms with E-state index < -0.39 is 12.1 Å². The number of ketones is 1. The van der Waals surface area contributed by atoms with Gasteiger partial charge in [0.15, 0.2) is 0 Å². The van der Waals surface area contributed by atoms with Crippen LogP contribution in [0.4, 0.5) is 13.2 Å². The van der Waals surface area contributed by atoms with E-state index in [4.69, 9.17) is 0 Å². The van der Waals surface area contributed by atoms with Crippen LogP contribution in [-0.2, 0) is 4.79 Å². The van der Waals surface area contributed by atoms with Crippen molar-refractivity contribution >= 4 is 5.78 Å². The molecule has 1 unspecified atom stereocenters. The molecule has 0 aromatic heterocycles. The highest BCUT2D eigenvalue weighted by atomic mass is 19.4. The zero-order chi connectivity index (χ0) is 12.3. The normalized spacial score (nSPS) is 22.1. The predicted molar refractivity (Wildman–Crippen MR) is 55.1 cm³/mol. The first-order chi connectivity index (χ1) is 7.36. The van der Waals surface area contributed by atoms with Gasteiger partial charge in [-0.15, -0.1) is 0 Å². The molecule has 1 fully saturated rings. The summed E-state index contributed by atoms with van der Waals surface area (Å²) in [6.07, 6.45) is -3.40. The van der Waals surface area contributed by atoms with Crippen molar-refractivity contribution in [1.29, 1.82) is 0 Å². The smallest absolute Gasteiger partial charge is 0.298 e. The van der Waals surface area contributed by atoms with Crippen molar-refractivity contribution in [2.75, 3.05) is 13.1 Å². The molecular formula is C11H18F3NO. The quantitative estimate of drug-likeness (QED) is 0.752. The van der Waals surface area contributed by atoms with Gasteiger partial charge in [-0.05, 0) is 32.9 Å². The van der Waals surface area contributed by atoms with Crippen LogP contribution in [0.15, 0.2) is 0 Å². The van der Waals surface area contributed by atoms with Gasteiger partial charge in [0.05, 0.1) is 12.0 Å². The minimum absolute atomic E-state index is 0.102. The number of halogens is 3. The molecule has 0 aromatic rings. The largest absolute Gasteiger partial charge is 0.391 e. The van der Waals surface area contributed by atoms with Gasteiger partial charge >= 0.3 is 6.18 Å². The molecule has 16 heavy (non-hydrogen) atoms. The third-order valence-corrected chi connectivity index (χ3v) is 3.35. The van der Waals surface area contributed by atoms with Crippen molar-refractivity contribution in [1.82, 2.24) is 4.90 Å². The van der Waals surface area contributed by atoms with Crippen LogP contribution in [-0.4, -0.2) is 36.0 Å². The maximum Gasteiger partial charge on any atom is 0.391 e. The molecular weight excluding hydrogens is 219 g/mol. The summed E-state index contributed by atoms with van der Waals surface area (Å²) < 4.78 is 37.2. The molecule has 0 spiro atoms. The Hall–Kier alpha value is -0.580. The molecule has 0 amide bonds. The number of hydrogen-bond donors (Lipinski definition) is 0. The van der Waals surface area contributed by atoms with Gasteiger partial charge in [-0.25, -0.2) is 0 Å². The summed E-state index contributed by atoms with van der Waals surface area (Å²) in [5.41, 5.74) is 0. The number of piperidine rings is 1. The van der Waals surface area contributed by atoms with Gasteiger partial charge in [0, 0.05) is 6.42 Å². The fourth-order valence-corrected chi connectivity index (χ4v) is 2.11. The number of Topliss-reactive ketones (excluding diaryl/α,β-unsaturated/α-hetero) is 1. The van der Waals surface area contributed by atoms with E-state index in [9.17, 15) is 18.0 Å². The summed E-state index contributed by atoms with van der Waals surface area (Å²) in [5.74, 6) is -1.09. The molecule has 1 heterocycles. The number of alkyl halides is 3. The maximum atomic E-state index is 12.4. The summed E-state index contributed by atoms with van der Waals surface area (Å²) in [4.78, 5) is 13.3. The molecule has 5 heteroatoms. The molecule has 2 nitrogen and oxygen atoms in total. The van der Waals surface area contributed by atoms with Crippen molar-refractivity contribution in [2.24, 2.45) is 5.92 Å². The van der Waals surface area contributed by atoms with Crippen LogP contribution < -0.4 is 0 Å². The average molecular weight is 237 g/mol. The Labute approximate surface area is 93.8 Å². The number of rotatable bonds is 3. The van der Waals surface area contributed by atoms with Gasteiger partial charge in [-0.2, -0.15) is 13.2 Å². The first-order valence-corrected chi connectivity index (χ1v) is 5.69. The lowest BCUT2D eigenvalue weighted by molar-refractivity contribution is -0.186. The predicted octanol–water partition coefficient (Wildman–Crippen LogP) is 2.63. The molecule has 1 aliphatic rings. The molecule has 0 aliphatic carbocycles. The Morgan fingerprint density at radius 2 is 1.88 bits per heavy atom. The maximum absolute atomic E-state index is 12.4. The zero-order valence-corrected chi connectivity index (χ0v) is 9.68. The van der Waals surface area contributed by atoms with Crippen LogP contribution in [0.3, 0.4) is 0 Å². The minimum atomic E-state index is -4.08. The van der Waals surface area contributed by atoms with Crippen molar-refractivity contribution in [2.45, 2.75) is 45.3 Å². The van der Waals surface area contributed by atoms with Gasteiger partial charge in [0.1, 0.15) is 5.78 Å². The number of carbonyl (C=O) groups is 1. The number of nitrogens with zero attached hydrogens (tertiary/aromatic N) is 1. The fourth-order valence-electron chi connectivity index (χ4n) is 2.11. The highest BCUT2D eigenvalue weighted by Crippen LogP contribution is 2.34. The summed E-state index contributed by atoms with van der Waals surface area (Å²) in [6, 6.07) is -0.237. The molecule has 1 atom stereocenters. The topological polar surface area (TPSA) is 20.3 Å². The Balaban J connectivity index is 2.46. The second-order valence-electron chi connectivity index (χ2n) is 4.35. The van der Waals surface area contributed by atoms with E-state index in [1.54, 1.807) is 13.8 Å². The number of hydrogen-bond acceptors (Lipinski definition) is 2. The van der Waals surface area contributed by atoms with Crippen molar-refractivity contribution in [3.63, 3.8) is 0 Å². The summed E-state index contributed by atoms with van der Waals surface area (Å²) >= 11 is 0. The molecule has 1 rings (SSSR count). The van der Waals surface area contributed by atoms with Crippen molar-refractivity contribution in [3.8, 4) is 0 Å². The second-order valence-corrected chi connectivity index (χ2v) is 4.35. The van der Waals surface area contributed by atoms with Crippen LogP contribution in [0.25, 0.3) is 0 Å². The van der Waals surface area contributed by atoms with E-state index in [2.05, 4.69) is 0 Å². The molecule has 0 N–H and O–H groups in total. The molecule has 0 aromatic carbocycles. The third-order valence-electron chi connectivity index (χ3n) is 3.35. The number of carbonyl (C=O) groups excluding carboxylic acids is 1. The summed E-state index contributed by atoms with van der Waals surface area (Å²) in [5, 5.41) is 0. The average Bonchev–Trinajstić information content (AvgIpc) is 2.26. The summed E-state index contributed by atoms with van der Waals surface area (Å²) in [7, 11) is 0. The monoisotopic (exact) mass is 237 g/mol. The van der Waals surface area contributed by atoms with E-state index in [1.807, 2.05) is 4.90 Å². The van der Waals surface area contributed by atoms with Gasteiger partial charge in [-0.3, -0.25) is 9.69 Å². The van der Waals surface area contributed by atoms with Crippen LogP contribution in [0.2, 0.25) is 0 Å². The standard InChI is InChI=1S/C11H18F3NO/c1-3-10(16)8(2)15-6-4-9(5-7-15)11(12,13)14/h8-9H,3-7H2,1-2H3. The SMILES string of the molecule is CCC(=O)C(C)N1CCC(C(F)(F)F)CC1. The molecule has 0 saturated carbocycles. The van der Waals surface area contributed by atoms with E-state index >= 15 is 0 Å². The highest BCUT2D eigenvalue weighted by molar-refractivity contribution is 5.83. The van der Waals surface area contributed by atoms with Crippen LogP contribution >= 0.6 is 0 Å². The van der Waals surface area contributed by atoms with Gasteiger partial charge in [0.25, 0.3) is 0 Å². The lowest BCUT2D eigenvalue weighted by Gasteiger charge is -2.35. The van der Waals surface area contributed by atoms with E-state index in [0.717, 1.165) is 0 Å². The number of likely N-dealkylation sites (tertiary alicyclic amines) is 1. The molecule has 1 saturated heterocycles. The second kappa shape index (κ2) is 5.17. The summed E-state index contributed by atoms with van der Waals surface area (Å²) in [6.45, 7) is 4.30. The lowest BCUT2D eigenvalue weighted by atomic mass is 9.94.